The molecule has 0 radical (unpaired) electrons. The molecule has 112 valence electrons. The standard InChI is InChI=1S/C18H18N2O2/c1-13-9-10-16(20-11-5-8-17(20)21)15(12-13)18(19-22)14-6-3-2-4-7-14/h2-4,6-7,9-10,12,22H,5,8,11H2,1H3/b19-18+. The van der Waals surface area contributed by atoms with Crippen molar-refractivity contribution >= 4 is 17.3 Å². The molecule has 0 saturated carbocycles. The summed E-state index contributed by atoms with van der Waals surface area (Å²) < 4.78 is 0. The Bertz CT molecular complexity index is 723. The predicted molar refractivity (Wildman–Crippen MR) is 86.6 cm³/mol. The predicted octanol–water partition coefficient (Wildman–Crippen LogP) is 3.35. The van der Waals surface area contributed by atoms with Gasteiger partial charge in [-0.3, -0.25) is 4.79 Å². The average Bonchev–Trinajstić information content (AvgIpc) is 2.95. The van der Waals surface area contributed by atoms with Crippen LogP contribution in [-0.2, 0) is 4.79 Å². The molecular weight excluding hydrogens is 276 g/mol. The summed E-state index contributed by atoms with van der Waals surface area (Å²) in [4.78, 5) is 13.9. The van der Waals surface area contributed by atoms with Gasteiger partial charge in [-0.1, -0.05) is 47.1 Å². The maximum atomic E-state index is 12.1. The lowest BCUT2D eigenvalue weighted by atomic mass is 9.98. The first-order valence-electron chi connectivity index (χ1n) is 7.39. The van der Waals surface area contributed by atoms with Crippen molar-refractivity contribution in [3.05, 3.63) is 65.2 Å². The lowest BCUT2D eigenvalue weighted by molar-refractivity contribution is -0.117. The van der Waals surface area contributed by atoms with E-state index in [4.69, 9.17) is 0 Å². The van der Waals surface area contributed by atoms with Gasteiger partial charge in [0.25, 0.3) is 0 Å². The van der Waals surface area contributed by atoms with Crippen molar-refractivity contribution in [3.63, 3.8) is 0 Å². The lowest BCUT2D eigenvalue weighted by Gasteiger charge is -2.21. The molecular formula is C18H18N2O2. The van der Waals surface area contributed by atoms with Crippen LogP contribution in [0.4, 0.5) is 5.69 Å². The number of hydrogen-bond acceptors (Lipinski definition) is 3. The van der Waals surface area contributed by atoms with Gasteiger partial charge in [-0.25, -0.2) is 0 Å². The molecule has 0 atom stereocenters. The number of amides is 1. The van der Waals surface area contributed by atoms with E-state index in [1.165, 1.54) is 0 Å². The Kier molecular flexibility index (Phi) is 3.92. The zero-order valence-electron chi connectivity index (χ0n) is 12.5. The fourth-order valence-corrected chi connectivity index (χ4v) is 2.84. The van der Waals surface area contributed by atoms with Gasteiger partial charge in [-0.2, -0.15) is 0 Å². The Morgan fingerprint density at radius 2 is 1.95 bits per heavy atom. The van der Waals surface area contributed by atoms with E-state index in [2.05, 4.69) is 5.16 Å². The van der Waals surface area contributed by atoms with Crippen LogP contribution in [0.5, 0.6) is 0 Å². The SMILES string of the molecule is Cc1ccc(N2CCCC2=O)c(/C(=N/O)c2ccccc2)c1. The third kappa shape index (κ3) is 2.60. The maximum Gasteiger partial charge on any atom is 0.227 e. The van der Waals surface area contributed by atoms with Crippen LogP contribution in [0.3, 0.4) is 0 Å². The molecule has 0 aliphatic carbocycles. The molecule has 1 aliphatic heterocycles. The quantitative estimate of drug-likeness (QED) is 0.536. The number of carbonyl (C=O) groups is 1. The minimum atomic E-state index is 0.121. The number of rotatable bonds is 3. The van der Waals surface area contributed by atoms with Gasteiger partial charge in [0.05, 0.1) is 5.69 Å². The molecule has 0 unspecified atom stereocenters. The molecule has 4 nitrogen and oxygen atoms in total. The number of nitrogens with zero attached hydrogens (tertiary/aromatic N) is 2. The molecule has 2 aromatic carbocycles. The third-order valence-electron chi connectivity index (χ3n) is 3.92. The molecule has 1 saturated heterocycles. The van der Waals surface area contributed by atoms with Crippen LogP contribution < -0.4 is 4.90 Å². The van der Waals surface area contributed by atoms with Crippen molar-refractivity contribution in [2.24, 2.45) is 5.16 Å². The van der Waals surface area contributed by atoms with Crippen molar-refractivity contribution in [1.82, 2.24) is 0 Å². The second kappa shape index (κ2) is 6.02. The molecule has 3 rings (SSSR count). The summed E-state index contributed by atoms with van der Waals surface area (Å²) in [7, 11) is 0. The second-order valence-corrected chi connectivity index (χ2v) is 5.48. The number of hydrogen-bond donors (Lipinski definition) is 1. The van der Waals surface area contributed by atoms with E-state index in [0.717, 1.165) is 28.8 Å². The van der Waals surface area contributed by atoms with Crippen LogP contribution in [0.1, 0.15) is 29.5 Å². The smallest absolute Gasteiger partial charge is 0.227 e. The summed E-state index contributed by atoms with van der Waals surface area (Å²) in [6, 6.07) is 15.4. The Labute approximate surface area is 129 Å². The van der Waals surface area contributed by atoms with Crippen molar-refractivity contribution in [2.75, 3.05) is 11.4 Å². The molecule has 0 spiro atoms. The topological polar surface area (TPSA) is 52.9 Å². The van der Waals surface area contributed by atoms with Crippen molar-refractivity contribution in [2.45, 2.75) is 19.8 Å². The summed E-state index contributed by atoms with van der Waals surface area (Å²) in [5.41, 5.74) is 3.96. The van der Waals surface area contributed by atoms with Crippen LogP contribution in [0.15, 0.2) is 53.7 Å². The fraction of sp³-hybridized carbons (Fsp3) is 0.222. The Hall–Kier alpha value is -2.62. The maximum absolute atomic E-state index is 12.1. The second-order valence-electron chi connectivity index (χ2n) is 5.48. The molecule has 1 amide bonds. The fourth-order valence-electron chi connectivity index (χ4n) is 2.84. The summed E-state index contributed by atoms with van der Waals surface area (Å²) in [5, 5.41) is 13.0. The Balaban J connectivity index is 2.13. The highest BCUT2D eigenvalue weighted by Crippen LogP contribution is 2.28. The number of oxime groups is 1. The molecule has 4 heteroatoms. The van der Waals surface area contributed by atoms with E-state index in [1.54, 1.807) is 4.90 Å². The minimum Gasteiger partial charge on any atom is -0.410 e. The number of benzene rings is 2. The molecule has 1 fully saturated rings. The molecule has 1 aliphatic rings. The van der Waals surface area contributed by atoms with E-state index in [9.17, 15) is 10.0 Å². The van der Waals surface area contributed by atoms with E-state index in [-0.39, 0.29) is 5.91 Å². The largest absolute Gasteiger partial charge is 0.410 e. The van der Waals surface area contributed by atoms with Crippen molar-refractivity contribution in [3.8, 4) is 0 Å². The van der Waals surface area contributed by atoms with Gasteiger partial charge < -0.3 is 10.1 Å². The first-order valence-corrected chi connectivity index (χ1v) is 7.39. The first-order chi connectivity index (χ1) is 10.7. The van der Waals surface area contributed by atoms with Gasteiger partial charge >= 0.3 is 0 Å². The van der Waals surface area contributed by atoms with Gasteiger partial charge in [0.2, 0.25) is 5.91 Å². The van der Waals surface area contributed by atoms with Crippen molar-refractivity contribution < 1.29 is 10.0 Å². The van der Waals surface area contributed by atoms with Crippen LogP contribution in [0.2, 0.25) is 0 Å². The number of aryl methyl sites for hydroxylation is 1. The number of anilines is 1. The third-order valence-corrected chi connectivity index (χ3v) is 3.92. The monoisotopic (exact) mass is 294 g/mol. The molecule has 1 heterocycles. The molecule has 1 N–H and O–H groups in total. The average molecular weight is 294 g/mol. The summed E-state index contributed by atoms with van der Waals surface area (Å²) in [6.07, 6.45) is 1.44. The van der Waals surface area contributed by atoms with Crippen LogP contribution in [0, 0.1) is 6.92 Å². The highest BCUT2D eigenvalue weighted by atomic mass is 16.4. The van der Waals surface area contributed by atoms with Crippen molar-refractivity contribution in [1.29, 1.82) is 0 Å². The van der Waals surface area contributed by atoms with E-state index < -0.39 is 0 Å². The van der Waals surface area contributed by atoms with Gasteiger partial charge in [0.15, 0.2) is 0 Å². The van der Waals surface area contributed by atoms with Gasteiger partial charge in [0, 0.05) is 24.1 Å². The zero-order chi connectivity index (χ0) is 15.5. The lowest BCUT2D eigenvalue weighted by Crippen LogP contribution is -2.26. The van der Waals surface area contributed by atoms with Gasteiger partial charge in [-0.15, -0.1) is 0 Å². The number of carbonyl (C=O) groups excluding carboxylic acids is 1. The van der Waals surface area contributed by atoms with Gasteiger partial charge in [-0.05, 0) is 25.5 Å². The zero-order valence-corrected chi connectivity index (χ0v) is 12.5. The Morgan fingerprint density at radius 3 is 2.59 bits per heavy atom. The normalized spacial score (nSPS) is 15.4. The van der Waals surface area contributed by atoms with E-state index >= 15 is 0 Å². The van der Waals surface area contributed by atoms with E-state index in [0.29, 0.717) is 18.7 Å². The van der Waals surface area contributed by atoms with Gasteiger partial charge in [0.1, 0.15) is 5.71 Å². The first kappa shape index (κ1) is 14.3. The highest BCUT2D eigenvalue weighted by molar-refractivity contribution is 6.17. The Morgan fingerprint density at radius 1 is 1.18 bits per heavy atom. The molecule has 2 aromatic rings. The molecule has 0 aromatic heterocycles. The van der Waals surface area contributed by atoms with Crippen LogP contribution in [-0.4, -0.2) is 23.4 Å². The van der Waals surface area contributed by atoms with Crippen LogP contribution in [0.25, 0.3) is 0 Å². The highest BCUT2D eigenvalue weighted by Gasteiger charge is 2.25. The summed E-state index contributed by atoms with van der Waals surface area (Å²) >= 11 is 0. The molecule has 0 bridgehead atoms. The van der Waals surface area contributed by atoms with E-state index in [1.807, 2.05) is 55.5 Å². The molecule has 22 heavy (non-hydrogen) atoms. The summed E-state index contributed by atoms with van der Waals surface area (Å²) in [6.45, 7) is 2.70. The summed E-state index contributed by atoms with van der Waals surface area (Å²) in [5.74, 6) is 0.121. The van der Waals surface area contributed by atoms with Crippen LogP contribution >= 0.6 is 0 Å². The minimum absolute atomic E-state index is 0.121.